The molecule has 0 unspecified atom stereocenters. The Balaban J connectivity index is 1.57. The monoisotopic (exact) mass is 348 g/mol. The molecular weight excluding hydrogens is 324 g/mol. The van der Waals surface area contributed by atoms with Gasteiger partial charge in [0, 0.05) is 24.9 Å². The number of nitrogens with one attached hydrogen (secondary N) is 1. The maximum atomic E-state index is 12.2. The van der Waals surface area contributed by atoms with Crippen LogP contribution in [-0.2, 0) is 18.4 Å². The van der Waals surface area contributed by atoms with Crippen molar-refractivity contribution in [3.05, 3.63) is 28.9 Å². The van der Waals surface area contributed by atoms with Crippen molar-refractivity contribution in [1.82, 2.24) is 20.0 Å². The van der Waals surface area contributed by atoms with Crippen LogP contribution < -0.4 is 5.32 Å². The lowest BCUT2D eigenvalue weighted by atomic mass is 9.98. The van der Waals surface area contributed by atoms with Gasteiger partial charge in [0.2, 0.25) is 5.91 Å². The molecule has 2 aromatic rings. The highest BCUT2D eigenvalue weighted by molar-refractivity contribution is 6.35. The van der Waals surface area contributed by atoms with Crippen LogP contribution in [0.3, 0.4) is 0 Å². The lowest BCUT2D eigenvalue weighted by Crippen LogP contribution is -2.37. The molecule has 1 amide bonds. The van der Waals surface area contributed by atoms with E-state index < -0.39 is 0 Å². The second-order valence-electron chi connectivity index (χ2n) is 6.65. The fourth-order valence-corrected chi connectivity index (χ4v) is 3.83. The summed E-state index contributed by atoms with van der Waals surface area (Å²) in [6.07, 6.45) is 5.23. The maximum absolute atomic E-state index is 12.2. The summed E-state index contributed by atoms with van der Waals surface area (Å²) in [6.45, 7) is 1.56. The Hall–Kier alpha value is -1.59. The molecular formula is C18H25ClN4O. The van der Waals surface area contributed by atoms with Crippen molar-refractivity contribution in [3.8, 4) is 0 Å². The number of fused-ring (bicyclic) bond motifs is 1. The second-order valence-corrected chi connectivity index (χ2v) is 7.06. The summed E-state index contributed by atoms with van der Waals surface area (Å²) in [6, 6.07) is 6.29. The number of likely N-dealkylation sites (tertiary alicyclic amines) is 1. The molecule has 130 valence electrons. The first kappa shape index (κ1) is 17.2. The van der Waals surface area contributed by atoms with Crippen LogP contribution >= 0.6 is 11.6 Å². The van der Waals surface area contributed by atoms with E-state index in [1.54, 1.807) is 4.68 Å². The van der Waals surface area contributed by atoms with Crippen LogP contribution in [0.5, 0.6) is 0 Å². The number of rotatable bonds is 5. The van der Waals surface area contributed by atoms with Gasteiger partial charge in [0.1, 0.15) is 0 Å². The zero-order chi connectivity index (χ0) is 17.1. The second kappa shape index (κ2) is 7.53. The molecule has 1 saturated heterocycles. The summed E-state index contributed by atoms with van der Waals surface area (Å²) in [5, 5.41) is 9.09. The largest absolute Gasteiger partial charge is 0.350 e. The summed E-state index contributed by atoms with van der Waals surface area (Å²) < 4.78 is 1.81. The van der Waals surface area contributed by atoms with Crippen LogP contribution in [0.25, 0.3) is 10.9 Å². The minimum Gasteiger partial charge on any atom is -0.350 e. The molecule has 1 aliphatic rings. The van der Waals surface area contributed by atoms with Gasteiger partial charge in [-0.3, -0.25) is 9.48 Å². The number of hydrogen-bond donors (Lipinski definition) is 1. The van der Waals surface area contributed by atoms with Gasteiger partial charge in [0.05, 0.1) is 22.8 Å². The van der Waals surface area contributed by atoms with Gasteiger partial charge in [-0.15, -0.1) is 0 Å². The van der Waals surface area contributed by atoms with Gasteiger partial charge in [-0.1, -0.05) is 24.1 Å². The quantitative estimate of drug-likeness (QED) is 0.903. The number of aryl methyl sites for hydroxylation is 1. The van der Waals surface area contributed by atoms with Crippen LogP contribution in [0.15, 0.2) is 18.2 Å². The molecule has 0 bridgehead atoms. The van der Waals surface area contributed by atoms with Crippen molar-refractivity contribution in [1.29, 1.82) is 0 Å². The first-order valence-corrected chi connectivity index (χ1v) is 9.01. The summed E-state index contributed by atoms with van der Waals surface area (Å²) >= 11 is 6.30. The van der Waals surface area contributed by atoms with Crippen molar-refractivity contribution >= 4 is 28.4 Å². The first-order valence-electron chi connectivity index (χ1n) is 8.63. The average Bonchev–Trinajstić information content (AvgIpc) is 2.90. The summed E-state index contributed by atoms with van der Waals surface area (Å²) in [5.74, 6) is 0.0832. The molecule has 1 N–H and O–H groups in total. The van der Waals surface area contributed by atoms with E-state index in [0.29, 0.717) is 24.0 Å². The Morgan fingerprint density at radius 1 is 1.38 bits per heavy atom. The molecule has 1 aromatic heterocycles. The standard InChI is InChI=1S/C18H25ClN4O/c1-22-11-4-3-6-13(22)9-10-17(24)20-12-15-18-14(19)7-5-8-16(18)23(2)21-15/h5,7-8,13H,3-4,6,9-12H2,1-2H3,(H,20,24)/t13-/m0/s1. The highest BCUT2D eigenvalue weighted by Crippen LogP contribution is 2.26. The Labute approximate surface area is 148 Å². The number of carbonyl (C=O) groups is 1. The molecule has 0 spiro atoms. The molecule has 0 saturated carbocycles. The molecule has 3 rings (SSSR count). The van der Waals surface area contributed by atoms with E-state index in [2.05, 4.69) is 22.4 Å². The highest BCUT2D eigenvalue weighted by atomic mass is 35.5. The topological polar surface area (TPSA) is 50.2 Å². The molecule has 0 aliphatic carbocycles. The van der Waals surface area contributed by atoms with Gasteiger partial charge in [-0.25, -0.2) is 0 Å². The van der Waals surface area contributed by atoms with Crippen molar-refractivity contribution < 1.29 is 4.79 Å². The number of amides is 1. The fourth-order valence-electron chi connectivity index (χ4n) is 3.55. The molecule has 2 heterocycles. The number of aromatic nitrogens is 2. The Morgan fingerprint density at radius 3 is 3.00 bits per heavy atom. The summed E-state index contributed by atoms with van der Waals surface area (Å²) in [7, 11) is 4.05. The third-order valence-corrected chi connectivity index (χ3v) is 5.29. The molecule has 6 heteroatoms. The third kappa shape index (κ3) is 3.73. The van der Waals surface area contributed by atoms with Gasteiger partial charge in [0.15, 0.2) is 0 Å². The zero-order valence-corrected chi connectivity index (χ0v) is 15.1. The Bertz CT molecular complexity index is 727. The average molecular weight is 349 g/mol. The predicted molar refractivity (Wildman–Crippen MR) is 97.1 cm³/mol. The molecule has 1 aliphatic heterocycles. The number of benzene rings is 1. The van der Waals surface area contributed by atoms with Crippen LogP contribution in [0, 0.1) is 0 Å². The van der Waals surface area contributed by atoms with E-state index >= 15 is 0 Å². The minimum absolute atomic E-state index is 0.0832. The van der Waals surface area contributed by atoms with Gasteiger partial charge in [-0.05, 0) is 45.0 Å². The van der Waals surface area contributed by atoms with E-state index in [0.717, 1.165) is 29.6 Å². The van der Waals surface area contributed by atoms with Crippen molar-refractivity contribution in [2.45, 2.75) is 44.7 Å². The molecule has 1 aromatic carbocycles. The zero-order valence-electron chi connectivity index (χ0n) is 14.4. The number of carbonyl (C=O) groups excluding carboxylic acids is 1. The van der Waals surface area contributed by atoms with Crippen LogP contribution in [0.2, 0.25) is 5.02 Å². The van der Waals surface area contributed by atoms with Gasteiger partial charge >= 0.3 is 0 Å². The Kier molecular flexibility index (Phi) is 5.41. The van der Waals surface area contributed by atoms with Crippen molar-refractivity contribution in [2.75, 3.05) is 13.6 Å². The normalized spacial score (nSPS) is 18.9. The minimum atomic E-state index is 0.0832. The van der Waals surface area contributed by atoms with E-state index in [1.165, 1.54) is 19.3 Å². The van der Waals surface area contributed by atoms with E-state index in [1.807, 2.05) is 25.2 Å². The SMILES string of the molecule is CN1CCCC[C@H]1CCC(=O)NCc1nn(C)c2cccc(Cl)c12. The fraction of sp³-hybridized carbons (Fsp3) is 0.556. The molecule has 5 nitrogen and oxygen atoms in total. The predicted octanol–water partition coefficient (Wildman–Crippen LogP) is 3.11. The number of halogens is 1. The van der Waals surface area contributed by atoms with E-state index in [4.69, 9.17) is 11.6 Å². The van der Waals surface area contributed by atoms with Gasteiger partial charge in [0.25, 0.3) is 0 Å². The van der Waals surface area contributed by atoms with Crippen molar-refractivity contribution in [2.24, 2.45) is 7.05 Å². The van der Waals surface area contributed by atoms with Crippen molar-refractivity contribution in [3.63, 3.8) is 0 Å². The summed E-state index contributed by atoms with van der Waals surface area (Å²) in [4.78, 5) is 14.6. The Morgan fingerprint density at radius 2 is 2.21 bits per heavy atom. The lowest BCUT2D eigenvalue weighted by Gasteiger charge is -2.32. The number of nitrogens with zero attached hydrogens (tertiary/aromatic N) is 3. The smallest absolute Gasteiger partial charge is 0.220 e. The van der Waals surface area contributed by atoms with Gasteiger partial charge < -0.3 is 10.2 Å². The summed E-state index contributed by atoms with van der Waals surface area (Å²) in [5.41, 5.74) is 1.80. The van der Waals surface area contributed by atoms with E-state index in [9.17, 15) is 4.79 Å². The maximum Gasteiger partial charge on any atom is 0.220 e. The molecule has 1 fully saturated rings. The van der Waals surface area contributed by atoms with Crippen LogP contribution in [0.4, 0.5) is 0 Å². The lowest BCUT2D eigenvalue weighted by molar-refractivity contribution is -0.121. The van der Waals surface area contributed by atoms with E-state index in [-0.39, 0.29) is 5.91 Å². The molecule has 24 heavy (non-hydrogen) atoms. The highest BCUT2D eigenvalue weighted by Gasteiger charge is 2.20. The van der Waals surface area contributed by atoms with Gasteiger partial charge in [-0.2, -0.15) is 5.10 Å². The molecule has 0 radical (unpaired) electrons. The molecule has 1 atom stereocenters. The number of piperidine rings is 1. The van der Waals surface area contributed by atoms with Crippen LogP contribution in [0.1, 0.15) is 37.8 Å². The third-order valence-electron chi connectivity index (χ3n) is 4.98. The van der Waals surface area contributed by atoms with Crippen LogP contribution in [-0.4, -0.2) is 40.2 Å². The first-order chi connectivity index (χ1) is 11.6. The number of hydrogen-bond acceptors (Lipinski definition) is 3.